The predicted molar refractivity (Wildman–Crippen MR) is 178 cm³/mol. The molecule has 17 heteroatoms. The molecule has 0 unspecified atom stereocenters. The van der Waals surface area contributed by atoms with E-state index in [-0.39, 0.29) is 43.7 Å². The Bertz CT molecular complexity index is 2610. The van der Waals surface area contributed by atoms with Gasteiger partial charge in [0, 0.05) is 22.8 Å². The second kappa shape index (κ2) is 12.7. The summed E-state index contributed by atoms with van der Waals surface area (Å²) in [7, 11) is 0. The smallest absolute Gasteiger partial charge is 0.378 e. The molecular formula is C37H25F7N6O4. The number of halogens is 7. The number of amides is 1. The zero-order valence-electron chi connectivity index (χ0n) is 27.9. The van der Waals surface area contributed by atoms with Crippen LogP contribution in [0.3, 0.4) is 0 Å². The lowest BCUT2D eigenvalue weighted by atomic mass is 9.84. The number of aromatic amines is 2. The molecule has 2 aliphatic rings. The molecule has 10 nitrogen and oxygen atoms in total. The van der Waals surface area contributed by atoms with Crippen LogP contribution in [0.1, 0.15) is 59.7 Å². The minimum atomic E-state index is -5.15. The van der Waals surface area contributed by atoms with E-state index in [1.54, 1.807) is 0 Å². The number of carbonyl (C=O) groups is 1. The molecule has 2 aliphatic carbocycles. The van der Waals surface area contributed by atoms with Crippen molar-refractivity contribution in [3.63, 3.8) is 0 Å². The van der Waals surface area contributed by atoms with E-state index in [0.29, 0.717) is 6.07 Å². The summed E-state index contributed by atoms with van der Waals surface area (Å²) >= 11 is 0. The van der Waals surface area contributed by atoms with Gasteiger partial charge in [-0.2, -0.15) is 27.1 Å². The highest BCUT2D eigenvalue weighted by atomic mass is 19.4. The lowest BCUT2D eigenvalue weighted by Gasteiger charge is -2.24. The molecule has 0 spiro atoms. The van der Waals surface area contributed by atoms with E-state index in [1.165, 1.54) is 44.2 Å². The van der Waals surface area contributed by atoms with Gasteiger partial charge in [0.2, 0.25) is 5.91 Å². The maximum atomic E-state index is 15.4. The molecule has 7 rings (SSSR count). The van der Waals surface area contributed by atoms with Crippen molar-refractivity contribution in [3.05, 3.63) is 115 Å². The van der Waals surface area contributed by atoms with Crippen LogP contribution in [0, 0.1) is 41.2 Å². The van der Waals surface area contributed by atoms with Crippen molar-refractivity contribution >= 4 is 16.8 Å². The van der Waals surface area contributed by atoms with Gasteiger partial charge in [-0.05, 0) is 62.1 Å². The van der Waals surface area contributed by atoms with Gasteiger partial charge in [-0.3, -0.25) is 19.3 Å². The summed E-state index contributed by atoms with van der Waals surface area (Å²) < 4.78 is 102. The molecule has 4 N–H and O–H groups in total. The highest BCUT2D eigenvalue weighted by Crippen LogP contribution is 2.58. The number of alkyl halides is 5. The molecule has 0 saturated carbocycles. The van der Waals surface area contributed by atoms with Crippen LogP contribution in [0.4, 0.5) is 30.7 Å². The molecule has 0 fully saturated rings. The third kappa shape index (κ3) is 6.62. The first kappa shape index (κ1) is 36.2. The first-order chi connectivity index (χ1) is 25.3. The van der Waals surface area contributed by atoms with E-state index in [1.807, 2.05) is 0 Å². The maximum absolute atomic E-state index is 15.4. The van der Waals surface area contributed by atoms with E-state index in [0.717, 1.165) is 12.1 Å². The normalized spacial score (nSPS) is 17.4. The molecule has 3 heterocycles. The number of nitrogens with one attached hydrogen (secondary N) is 3. The Balaban J connectivity index is 1.38. The lowest BCUT2D eigenvalue weighted by Crippen LogP contribution is -2.36. The fourth-order valence-corrected chi connectivity index (χ4v) is 6.61. The SMILES string of the molecule is CC(C)(O)C#Cc1ccc(-c2cccc3c(=O)[nH]c(=O)[nH]c23)c([C@H](Cc2cc(F)cc(F)c2)NC(=O)Cn2nc(C(F)(F)F)c3c2C(F)(F)[C@@H]2C#C[C@H]32)n1. The summed E-state index contributed by atoms with van der Waals surface area (Å²) in [4.78, 5) is 48.1. The monoisotopic (exact) mass is 750 g/mol. The standard InChI is InChI=1S/C37H25F7N6O4/c1-35(2,54)11-10-20-6-7-22(21-4-3-5-24-29(21)47-34(53)48-33(24)52)30(45-20)26(14-17-12-18(38)15-19(39)13-17)46-27(51)16-50-32-28(31(49-50)37(42,43)44)23-8-9-25(23)36(32,40)41/h3-7,12-13,15,23,25-26,54H,14,16H2,1-2H3,(H,46,51)(H2,47,48,52,53)/t23-,25+,26-/m0/s1. The molecule has 3 aromatic heterocycles. The first-order valence-electron chi connectivity index (χ1n) is 16.1. The predicted octanol–water partition coefficient (Wildman–Crippen LogP) is 4.82. The Morgan fingerprint density at radius 2 is 1.78 bits per heavy atom. The van der Waals surface area contributed by atoms with Crippen molar-refractivity contribution in [1.29, 1.82) is 0 Å². The average Bonchev–Trinajstić information content (AvgIpc) is 3.47. The number of para-hydroxylation sites is 1. The number of pyridine rings is 1. The minimum absolute atomic E-state index is 0.0157. The summed E-state index contributed by atoms with van der Waals surface area (Å²) in [5.41, 5.74) is -6.32. The van der Waals surface area contributed by atoms with Crippen molar-refractivity contribution in [3.8, 4) is 34.8 Å². The van der Waals surface area contributed by atoms with Gasteiger partial charge < -0.3 is 15.4 Å². The van der Waals surface area contributed by atoms with Crippen LogP contribution in [0.15, 0.2) is 58.1 Å². The van der Waals surface area contributed by atoms with Crippen molar-refractivity contribution < 1.29 is 40.6 Å². The molecule has 5 aromatic rings. The fourth-order valence-electron chi connectivity index (χ4n) is 6.61. The van der Waals surface area contributed by atoms with Crippen molar-refractivity contribution in [2.24, 2.45) is 5.92 Å². The van der Waals surface area contributed by atoms with Crippen LogP contribution in [-0.2, 0) is 29.9 Å². The Hall–Kier alpha value is -6.20. The van der Waals surface area contributed by atoms with Gasteiger partial charge in [-0.15, -0.1) is 0 Å². The number of rotatable bonds is 7. The number of nitrogens with zero attached hydrogens (tertiary/aromatic N) is 3. The second-order valence-electron chi connectivity index (χ2n) is 13.3. The molecule has 0 saturated heterocycles. The van der Waals surface area contributed by atoms with E-state index in [4.69, 9.17) is 0 Å². The molecule has 2 aromatic carbocycles. The second-order valence-corrected chi connectivity index (χ2v) is 13.3. The number of fused-ring (bicyclic) bond motifs is 4. The van der Waals surface area contributed by atoms with E-state index < -0.39 is 94.3 Å². The number of carbonyl (C=O) groups excluding carboxylic acids is 1. The summed E-state index contributed by atoms with van der Waals surface area (Å²) in [5.74, 6) is -0.338. The first-order valence-corrected chi connectivity index (χ1v) is 16.1. The molecule has 0 bridgehead atoms. The number of aliphatic hydroxyl groups is 1. The van der Waals surface area contributed by atoms with E-state index in [9.17, 15) is 41.4 Å². The topological polar surface area (TPSA) is 146 Å². The zero-order chi connectivity index (χ0) is 38.9. The van der Waals surface area contributed by atoms with Crippen LogP contribution in [-0.4, -0.2) is 41.3 Å². The Kier molecular flexibility index (Phi) is 8.53. The molecule has 54 heavy (non-hydrogen) atoms. The van der Waals surface area contributed by atoms with Gasteiger partial charge in [-0.1, -0.05) is 29.9 Å². The number of H-pyrrole nitrogens is 2. The van der Waals surface area contributed by atoms with Gasteiger partial charge in [0.05, 0.1) is 28.6 Å². The van der Waals surface area contributed by atoms with Crippen LogP contribution in [0.2, 0.25) is 0 Å². The van der Waals surface area contributed by atoms with Gasteiger partial charge in [0.15, 0.2) is 5.69 Å². The van der Waals surface area contributed by atoms with Gasteiger partial charge in [0.25, 0.3) is 5.56 Å². The lowest BCUT2D eigenvalue weighted by molar-refractivity contribution is -0.142. The summed E-state index contributed by atoms with van der Waals surface area (Å²) in [5, 5.41) is 16.2. The molecular weight excluding hydrogens is 725 g/mol. The molecule has 0 aliphatic heterocycles. The van der Waals surface area contributed by atoms with Crippen LogP contribution in [0.25, 0.3) is 22.0 Å². The van der Waals surface area contributed by atoms with E-state index in [2.05, 4.69) is 49.0 Å². The maximum Gasteiger partial charge on any atom is 0.435 e. The number of benzene rings is 2. The summed E-state index contributed by atoms with van der Waals surface area (Å²) in [6.07, 6.45) is -5.58. The molecule has 0 radical (unpaired) electrons. The van der Waals surface area contributed by atoms with Crippen LogP contribution < -0.4 is 16.6 Å². The Morgan fingerprint density at radius 1 is 1.06 bits per heavy atom. The molecule has 276 valence electrons. The number of aromatic nitrogens is 5. The molecule has 1 amide bonds. The van der Waals surface area contributed by atoms with Crippen molar-refractivity contribution in [1.82, 2.24) is 30.0 Å². The summed E-state index contributed by atoms with van der Waals surface area (Å²) in [6, 6.07) is 8.39. The average molecular weight is 751 g/mol. The quantitative estimate of drug-likeness (QED) is 0.139. The third-order valence-corrected chi connectivity index (χ3v) is 8.81. The Labute approximate surface area is 299 Å². The largest absolute Gasteiger partial charge is 0.435 e. The van der Waals surface area contributed by atoms with Gasteiger partial charge in [0.1, 0.15) is 41.1 Å². The van der Waals surface area contributed by atoms with Crippen LogP contribution in [0.5, 0.6) is 0 Å². The van der Waals surface area contributed by atoms with Crippen molar-refractivity contribution in [2.45, 2.75) is 56.5 Å². The number of hydrogen-bond donors (Lipinski definition) is 4. The zero-order valence-corrected chi connectivity index (χ0v) is 27.9. The van der Waals surface area contributed by atoms with Crippen LogP contribution >= 0.6 is 0 Å². The third-order valence-electron chi connectivity index (χ3n) is 8.81. The highest BCUT2D eigenvalue weighted by Gasteiger charge is 2.62. The summed E-state index contributed by atoms with van der Waals surface area (Å²) in [6.45, 7) is 1.65. The van der Waals surface area contributed by atoms with E-state index >= 15 is 8.78 Å². The highest BCUT2D eigenvalue weighted by molar-refractivity contribution is 5.93. The van der Waals surface area contributed by atoms with Crippen molar-refractivity contribution in [2.75, 3.05) is 0 Å². The Morgan fingerprint density at radius 3 is 2.43 bits per heavy atom. The fraction of sp³-hybridized carbons (Fsp3) is 0.270. The van der Waals surface area contributed by atoms with Gasteiger partial charge in [-0.25, -0.2) is 18.6 Å². The number of hydrogen-bond acceptors (Lipinski definition) is 6. The van der Waals surface area contributed by atoms with Gasteiger partial charge >= 0.3 is 17.8 Å². The molecule has 3 atom stereocenters. The minimum Gasteiger partial charge on any atom is -0.378 e.